The number of carboxylic acids is 1. The van der Waals surface area contributed by atoms with Gasteiger partial charge in [-0.2, -0.15) is 0 Å². The van der Waals surface area contributed by atoms with Crippen LogP contribution in [0.2, 0.25) is 0 Å². The van der Waals surface area contributed by atoms with E-state index in [1.54, 1.807) is 9.80 Å². The highest BCUT2D eigenvalue weighted by atomic mass is 32.2. The quantitative estimate of drug-likeness (QED) is 0.688. The second-order valence-electron chi connectivity index (χ2n) is 4.29. The van der Waals surface area contributed by atoms with Crippen LogP contribution in [0.25, 0.3) is 0 Å². The van der Waals surface area contributed by atoms with E-state index in [-0.39, 0.29) is 17.7 Å². The summed E-state index contributed by atoms with van der Waals surface area (Å²) in [5.74, 6) is -0.440. The lowest BCUT2D eigenvalue weighted by Gasteiger charge is -2.34. The van der Waals surface area contributed by atoms with E-state index in [4.69, 9.17) is 5.11 Å². The van der Waals surface area contributed by atoms with E-state index in [9.17, 15) is 14.4 Å². The molecule has 0 bridgehead atoms. The Hall–Kier alpha value is -1.28. The molecule has 2 aliphatic rings. The summed E-state index contributed by atoms with van der Waals surface area (Å²) in [5.41, 5.74) is 0. The summed E-state index contributed by atoms with van der Waals surface area (Å²) in [6, 6.07) is -0.423. The zero-order valence-corrected chi connectivity index (χ0v) is 10.6. The summed E-state index contributed by atoms with van der Waals surface area (Å²) in [6.45, 7) is 2.17. The van der Waals surface area contributed by atoms with E-state index in [0.717, 1.165) is 11.8 Å². The predicted octanol–water partition coefficient (Wildman–Crippen LogP) is -0.960. The van der Waals surface area contributed by atoms with Crippen molar-refractivity contribution in [2.24, 2.45) is 0 Å². The number of carbonyl (C=O) groups excluding carboxylic acids is 2. The van der Waals surface area contributed by atoms with Crippen LogP contribution in [-0.2, 0) is 9.59 Å². The lowest BCUT2D eigenvalue weighted by atomic mass is 10.2. The van der Waals surface area contributed by atoms with Gasteiger partial charge in [-0.1, -0.05) is 11.8 Å². The third-order valence-corrected chi connectivity index (χ3v) is 3.89. The van der Waals surface area contributed by atoms with Gasteiger partial charge in [-0.3, -0.25) is 19.3 Å². The number of aliphatic carboxylic acids is 1. The summed E-state index contributed by atoms with van der Waals surface area (Å²) >= 11 is 1.12. The number of carboxylic acid groups (broad SMARTS) is 1. The fourth-order valence-electron chi connectivity index (χ4n) is 2.06. The maximum absolute atomic E-state index is 12.0. The molecule has 2 saturated heterocycles. The molecule has 18 heavy (non-hydrogen) atoms. The molecule has 0 saturated carbocycles. The predicted molar refractivity (Wildman–Crippen MR) is 65.4 cm³/mol. The molecule has 2 N–H and O–H groups in total. The third-order valence-electron chi connectivity index (χ3n) is 3.01. The Labute approximate surface area is 108 Å². The van der Waals surface area contributed by atoms with E-state index in [1.165, 1.54) is 0 Å². The molecule has 2 rings (SSSR count). The van der Waals surface area contributed by atoms with Crippen LogP contribution in [0.5, 0.6) is 0 Å². The van der Waals surface area contributed by atoms with Crippen LogP contribution in [0.1, 0.15) is 0 Å². The minimum absolute atomic E-state index is 0.0120. The van der Waals surface area contributed by atoms with Gasteiger partial charge >= 0.3 is 5.97 Å². The second-order valence-corrected chi connectivity index (χ2v) is 5.28. The molecule has 2 amide bonds. The molecule has 0 radical (unpaired) electrons. The van der Waals surface area contributed by atoms with Crippen LogP contribution in [-0.4, -0.2) is 76.5 Å². The van der Waals surface area contributed by atoms with Crippen molar-refractivity contribution in [1.82, 2.24) is 15.1 Å². The minimum Gasteiger partial charge on any atom is -0.480 e. The lowest BCUT2D eigenvalue weighted by Crippen LogP contribution is -2.54. The Morgan fingerprint density at radius 3 is 2.50 bits per heavy atom. The van der Waals surface area contributed by atoms with Crippen molar-refractivity contribution < 1.29 is 19.5 Å². The van der Waals surface area contributed by atoms with Gasteiger partial charge in [0.1, 0.15) is 6.04 Å². The Balaban J connectivity index is 1.80. The van der Waals surface area contributed by atoms with Crippen molar-refractivity contribution in [2.75, 3.05) is 38.5 Å². The Kier molecular flexibility index (Phi) is 4.07. The van der Waals surface area contributed by atoms with Crippen molar-refractivity contribution in [2.45, 2.75) is 6.04 Å². The lowest BCUT2D eigenvalue weighted by molar-refractivity contribution is -0.139. The van der Waals surface area contributed by atoms with Crippen molar-refractivity contribution >= 4 is 28.9 Å². The van der Waals surface area contributed by atoms with Crippen LogP contribution < -0.4 is 5.32 Å². The number of nitrogens with zero attached hydrogens (tertiary/aromatic N) is 2. The molecule has 2 fully saturated rings. The highest BCUT2D eigenvalue weighted by Crippen LogP contribution is 2.15. The molecule has 1 unspecified atom stereocenters. The highest BCUT2D eigenvalue weighted by Gasteiger charge is 2.32. The van der Waals surface area contributed by atoms with Gasteiger partial charge in [0.15, 0.2) is 0 Å². The number of thioether (sulfide) groups is 1. The minimum atomic E-state index is -0.853. The van der Waals surface area contributed by atoms with Gasteiger partial charge in [-0.05, 0) is 0 Å². The summed E-state index contributed by atoms with van der Waals surface area (Å²) in [6.07, 6.45) is 0. The zero-order chi connectivity index (χ0) is 13.1. The van der Waals surface area contributed by atoms with Crippen molar-refractivity contribution in [1.29, 1.82) is 0 Å². The number of hydrogen-bond acceptors (Lipinski definition) is 5. The Bertz CT molecular complexity index is 368. The summed E-state index contributed by atoms with van der Waals surface area (Å²) in [7, 11) is 0. The highest BCUT2D eigenvalue weighted by molar-refractivity contribution is 8.14. The maximum Gasteiger partial charge on any atom is 0.317 e. The van der Waals surface area contributed by atoms with Gasteiger partial charge in [0, 0.05) is 31.9 Å². The monoisotopic (exact) mass is 273 g/mol. The third kappa shape index (κ3) is 3.14. The smallest absolute Gasteiger partial charge is 0.317 e. The van der Waals surface area contributed by atoms with Gasteiger partial charge in [-0.25, -0.2) is 0 Å². The van der Waals surface area contributed by atoms with E-state index >= 15 is 0 Å². The van der Waals surface area contributed by atoms with Crippen LogP contribution in [0.15, 0.2) is 0 Å². The second kappa shape index (κ2) is 5.57. The van der Waals surface area contributed by atoms with Gasteiger partial charge in [0.25, 0.3) is 5.24 Å². The van der Waals surface area contributed by atoms with Crippen molar-refractivity contribution in [3.8, 4) is 0 Å². The molecule has 0 aliphatic carbocycles. The number of hydrogen-bond donors (Lipinski definition) is 2. The van der Waals surface area contributed by atoms with Crippen LogP contribution >= 0.6 is 11.8 Å². The molecule has 8 heteroatoms. The van der Waals surface area contributed by atoms with E-state index < -0.39 is 12.0 Å². The maximum atomic E-state index is 12.0. The van der Waals surface area contributed by atoms with Crippen LogP contribution in [0, 0.1) is 0 Å². The average Bonchev–Trinajstić information content (AvgIpc) is 2.75. The average molecular weight is 273 g/mol. The molecule has 0 aromatic heterocycles. The number of rotatable bonds is 3. The number of amides is 2. The first-order valence-corrected chi connectivity index (χ1v) is 6.71. The molecular weight excluding hydrogens is 258 g/mol. The normalized spacial score (nSPS) is 25.0. The fourth-order valence-corrected chi connectivity index (χ4v) is 2.83. The number of nitrogens with one attached hydrogen (secondary N) is 1. The van der Waals surface area contributed by atoms with Crippen LogP contribution in [0.4, 0.5) is 4.79 Å². The van der Waals surface area contributed by atoms with Gasteiger partial charge in [0.2, 0.25) is 5.91 Å². The van der Waals surface area contributed by atoms with Crippen molar-refractivity contribution in [3.05, 3.63) is 0 Å². The molecule has 2 aliphatic heterocycles. The van der Waals surface area contributed by atoms with Gasteiger partial charge in [-0.15, -0.1) is 0 Å². The largest absolute Gasteiger partial charge is 0.480 e. The molecule has 0 aromatic rings. The number of carbonyl (C=O) groups is 3. The Morgan fingerprint density at radius 2 is 2.00 bits per heavy atom. The van der Waals surface area contributed by atoms with Crippen molar-refractivity contribution in [3.63, 3.8) is 0 Å². The standard InChI is InChI=1S/C10H15N3O4S/c14-8(15)5-12-1-3-13(4-2-12)9(16)7-6-18-10(17)11-7/h7H,1-6H2,(H,11,17)(H,14,15). The fraction of sp³-hybridized carbons (Fsp3) is 0.700. The molecule has 0 aromatic carbocycles. The van der Waals surface area contributed by atoms with Gasteiger partial charge in [0.05, 0.1) is 6.54 Å². The van der Waals surface area contributed by atoms with Crippen LogP contribution in [0.3, 0.4) is 0 Å². The molecule has 0 spiro atoms. The number of piperazine rings is 1. The van der Waals surface area contributed by atoms with E-state index in [0.29, 0.717) is 31.9 Å². The van der Waals surface area contributed by atoms with Gasteiger partial charge < -0.3 is 15.3 Å². The zero-order valence-electron chi connectivity index (χ0n) is 9.79. The van der Waals surface area contributed by atoms with E-state index in [2.05, 4.69) is 5.32 Å². The first-order valence-electron chi connectivity index (χ1n) is 5.72. The molecule has 7 nitrogen and oxygen atoms in total. The Morgan fingerprint density at radius 1 is 1.33 bits per heavy atom. The first-order chi connectivity index (χ1) is 8.56. The van der Waals surface area contributed by atoms with E-state index in [1.807, 2.05) is 0 Å². The first kappa shape index (κ1) is 13.2. The summed E-state index contributed by atoms with van der Waals surface area (Å²) in [4.78, 5) is 37.1. The summed E-state index contributed by atoms with van der Waals surface area (Å²) < 4.78 is 0. The topological polar surface area (TPSA) is 90.0 Å². The molecule has 1 atom stereocenters. The molecule has 100 valence electrons. The SMILES string of the molecule is O=C(O)CN1CCN(C(=O)C2CSC(=O)N2)CC1. The summed E-state index contributed by atoms with van der Waals surface area (Å²) in [5, 5.41) is 11.1. The molecule has 2 heterocycles. The molecular formula is C10H15N3O4S.